The molecule has 0 saturated heterocycles. The third kappa shape index (κ3) is 6.27. The van der Waals surface area contributed by atoms with Crippen molar-refractivity contribution >= 4 is 17.6 Å². The van der Waals surface area contributed by atoms with Gasteiger partial charge in [-0.15, -0.1) is 0 Å². The van der Waals surface area contributed by atoms with Crippen LogP contribution in [0.15, 0.2) is 42.5 Å². The van der Waals surface area contributed by atoms with Gasteiger partial charge in [0.2, 0.25) is 0 Å². The highest BCUT2D eigenvalue weighted by atomic mass is 16.5. The molecule has 0 spiro atoms. The summed E-state index contributed by atoms with van der Waals surface area (Å²) in [6.45, 7) is 5.79. The van der Waals surface area contributed by atoms with Gasteiger partial charge < -0.3 is 9.64 Å². The van der Waals surface area contributed by atoms with E-state index in [-0.39, 0.29) is 31.9 Å². The summed E-state index contributed by atoms with van der Waals surface area (Å²) in [6.07, 6.45) is 0.325. The number of ether oxygens (including phenoxy) is 1. The van der Waals surface area contributed by atoms with Crippen LogP contribution in [0.3, 0.4) is 0 Å². The molecule has 0 fully saturated rings. The van der Waals surface area contributed by atoms with Crippen molar-refractivity contribution in [1.29, 1.82) is 5.26 Å². The quantitative estimate of drug-likeness (QED) is 0.703. The zero-order chi connectivity index (χ0) is 19.8. The second-order valence-corrected chi connectivity index (χ2v) is 6.62. The molecule has 0 N–H and O–H groups in total. The summed E-state index contributed by atoms with van der Waals surface area (Å²) in [6, 6.07) is 15.4. The molecule has 0 unspecified atom stereocenters. The van der Waals surface area contributed by atoms with Gasteiger partial charge in [0.05, 0.1) is 18.9 Å². The number of esters is 1. The molecule has 5 heteroatoms. The SMILES string of the molecule is Cc1ccc(CC(=O)OCC(=O)N(CCC#N)c2cc(C)cc(C)c2)cc1. The summed E-state index contributed by atoms with van der Waals surface area (Å²) < 4.78 is 5.17. The van der Waals surface area contributed by atoms with Crippen LogP contribution in [0, 0.1) is 32.1 Å². The van der Waals surface area contributed by atoms with E-state index in [9.17, 15) is 9.59 Å². The van der Waals surface area contributed by atoms with Crippen LogP contribution in [0.4, 0.5) is 5.69 Å². The number of nitrogens with zero attached hydrogens (tertiary/aromatic N) is 2. The Morgan fingerprint density at radius 3 is 2.22 bits per heavy atom. The number of benzene rings is 2. The van der Waals surface area contributed by atoms with Gasteiger partial charge in [-0.1, -0.05) is 35.9 Å². The Balaban J connectivity index is 2.01. The van der Waals surface area contributed by atoms with Gasteiger partial charge in [-0.3, -0.25) is 9.59 Å². The van der Waals surface area contributed by atoms with Crippen LogP contribution < -0.4 is 4.90 Å². The predicted octanol–water partition coefficient (Wildman–Crippen LogP) is 3.64. The summed E-state index contributed by atoms with van der Waals surface area (Å²) >= 11 is 0. The van der Waals surface area contributed by atoms with E-state index in [1.807, 2.05) is 63.2 Å². The number of nitriles is 1. The molecule has 0 radical (unpaired) electrons. The van der Waals surface area contributed by atoms with E-state index in [0.29, 0.717) is 5.69 Å². The minimum absolute atomic E-state index is 0.120. The largest absolute Gasteiger partial charge is 0.455 e. The number of rotatable bonds is 7. The number of carbonyl (C=O) groups excluding carboxylic acids is 2. The molecular formula is C22H24N2O3. The minimum atomic E-state index is -0.451. The zero-order valence-corrected chi connectivity index (χ0v) is 16.0. The van der Waals surface area contributed by atoms with Crippen LogP contribution in [0.25, 0.3) is 0 Å². The molecular weight excluding hydrogens is 340 g/mol. The predicted molar refractivity (Wildman–Crippen MR) is 104 cm³/mol. The molecule has 0 aliphatic heterocycles. The van der Waals surface area contributed by atoms with Gasteiger partial charge in [0.25, 0.3) is 5.91 Å². The van der Waals surface area contributed by atoms with Crippen molar-refractivity contribution in [2.45, 2.75) is 33.6 Å². The smallest absolute Gasteiger partial charge is 0.310 e. The van der Waals surface area contributed by atoms with Gasteiger partial charge in [0.15, 0.2) is 6.61 Å². The molecule has 0 heterocycles. The molecule has 0 atom stereocenters. The molecule has 1 amide bonds. The van der Waals surface area contributed by atoms with Crippen LogP contribution in [0.2, 0.25) is 0 Å². The first-order chi connectivity index (χ1) is 12.9. The number of carbonyl (C=O) groups is 2. The lowest BCUT2D eigenvalue weighted by Crippen LogP contribution is -2.35. The average molecular weight is 364 g/mol. The standard InChI is InChI=1S/C22H24N2O3/c1-16-5-7-19(8-6-16)14-22(26)27-15-21(25)24(10-4-9-23)20-12-17(2)11-18(3)13-20/h5-8,11-13H,4,10,14-15H2,1-3H3. The van der Waals surface area contributed by atoms with E-state index in [1.54, 1.807) is 0 Å². The van der Waals surface area contributed by atoms with E-state index in [0.717, 1.165) is 22.3 Å². The zero-order valence-electron chi connectivity index (χ0n) is 16.0. The maximum atomic E-state index is 12.6. The lowest BCUT2D eigenvalue weighted by Gasteiger charge is -2.22. The van der Waals surface area contributed by atoms with Gasteiger partial charge in [0, 0.05) is 12.2 Å². The van der Waals surface area contributed by atoms with Crippen LogP contribution in [0.5, 0.6) is 0 Å². The highest BCUT2D eigenvalue weighted by Gasteiger charge is 2.18. The molecule has 0 bridgehead atoms. The first kappa shape index (κ1) is 20.2. The summed E-state index contributed by atoms with van der Waals surface area (Å²) in [4.78, 5) is 26.2. The van der Waals surface area contributed by atoms with Crippen molar-refractivity contribution in [3.05, 3.63) is 64.7 Å². The van der Waals surface area contributed by atoms with Crippen LogP contribution in [-0.2, 0) is 20.7 Å². The van der Waals surface area contributed by atoms with E-state index in [4.69, 9.17) is 10.00 Å². The maximum Gasteiger partial charge on any atom is 0.310 e. The Morgan fingerprint density at radius 2 is 1.63 bits per heavy atom. The Bertz CT molecular complexity index is 831. The molecule has 0 aromatic heterocycles. The van der Waals surface area contributed by atoms with Gasteiger partial charge in [-0.2, -0.15) is 5.26 Å². The summed E-state index contributed by atoms with van der Waals surface area (Å²) in [5.74, 6) is -0.791. The van der Waals surface area contributed by atoms with Crippen molar-refractivity contribution < 1.29 is 14.3 Å². The number of hydrogen-bond donors (Lipinski definition) is 0. The van der Waals surface area contributed by atoms with Crippen molar-refractivity contribution in [2.75, 3.05) is 18.1 Å². The summed E-state index contributed by atoms with van der Waals surface area (Å²) in [5.41, 5.74) is 4.71. The Kier molecular flexibility index (Phi) is 7.13. The van der Waals surface area contributed by atoms with Gasteiger partial charge >= 0.3 is 5.97 Å². The summed E-state index contributed by atoms with van der Waals surface area (Å²) in [5, 5.41) is 8.88. The van der Waals surface area contributed by atoms with E-state index >= 15 is 0 Å². The Labute approximate surface area is 160 Å². The minimum Gasteiger partial charge on any atom is -0.455 e. The number of amides is 1. The fraction of sp³-hybridized carbons (Fsp3) is 0.318. The number of anilines is 1. The third-order valence-electron chi connectivity index (χ3n) is 4.09. The fourth-order valence-electron chi connectivity index (χ4n) is 2.81. The first-order valence-electron chi connectivity index (χ1n) is 8.86. The van der Waals surface area contributed by atoms with Crippen LogP contribution >= 0.6 is 0 Å². The molecule has 0 aliphatic rings. The molecule has 2 rings (SSSR count). The highest BCUT2D eigenvalue weighted by Crippen LogP contribution is 2.19. The van der Waals surface area contributed by atoms with Crippen molar-refractivity contribution in [3.8, 4) is 6.07 Å². The molecule has 27 heavy (non-hydrogen) atoms. The fourth-order valence-corrected chi connectivity index (χ4v) is 2.81. The average Bonchev–Trinajstić information content (AvgIpc) is 2.61. The number of aryl methyl sites for hydroxylation is 3. The molecule has 140 valence electrons. The molecule has 0 saturated carbocycles. The highest BCUT2D eigenvalue weighted by molar-refractivity contribution is 5.95. The first-order valence-corrected chi connectivity index (χ1v) is 8.86. The molecule has 2 aromatic rings. The lowest BCUT2D eigenvalue weighted by atomic mass is 10.1. The van der Waals surface area contributed by atoms with Gasteiger partial charge in [-0.05, 0) is 49.6 Å². The van der Waals surface area contributed by atoms with Crippen molar-refractivity contribution in [3.63, 3.8) is 0 Å². The number of hydrogen-bond acceptors (Lipinski definition) is 4. The van der Waals surface area contributed by atoms with E-state index in [1.165, 1.54) is 4.90 Å². The molecule has 5 nitrogen and oxygen atoms in total. The summed E-state index contributed by atoms with van der Waals surface area (Å²) in [7, 11) is 0. The Morgan fingerprint density at radius 1 is 1.00 bits per heavy atom. The van der Waals surface area contributed by atoms with Crippen LogP contribution in [-0.4, -0.2) is 25.0 Å². The van der Waals surface area contributed by atoms with Crippen molar-refractivity contribution in [2.24, 2.45) is 0 Å². The van der Waals surface area contributed by atoms with Crippen LogP contribution in [0.1, 0.15) is 28.7 Å². The van der Waals surface area contributed by atoms with E-state index in [2.05, 4.69) is 6.07 Å². The molecule has 0 aliphatic carbocycles. The lowest BCUT2D eigenvalue weighted by molar-refractivity contribution is -0.147. The Hall–Kier alpha value is -3.13. The van der Waals surface area contributed by atoms with Gasteiger partial charge in [0.1, 0.15) is 0 Å². The third-order valence-corrected chi connectivity index (χ3v) is 4.09. The maximum absolute atomic E-state index is 12.6. The van der Waals surface area contributed by atoms with E-state index < -0.39 is 5.97 Å². The van der Waals surface area contributed by atoms with Gasteiger partial charge in [-0.25, -0.2) is 0 Å². The monoisotopic (exact) mass is 364 g/mol. The molecule has 2 aromatic carbocycles. The normalized spacial score (nSPS) is 10.1. The second kappa shape index (κ2) is 9.54. The topological polar surface area (TPSA) is 70.4 Å². The second-order valence-electron chi connectivity index (χ2n) is 6.62. The van der Waals surface area contributed by atoms with Crippen molar-refractivity contribution in [1.82, 2.24) is 0 Å².